The monoisotopic (exact) mass is 401 g/mol. The van der Waals surface area contributed by atoms with Crippen molar-refractivity contribution in [1.29, 1.82) is 0 Å². The Morgan fingerprint density at radius 3 is 2.57 bits per heavy atom. The minimum atomic E-state index is -0.224. The minimum Gasteiger partial charge on any atom is -0.372 e. The number of benzene rings is 2. The molecule has 1 aliphatic rings. The molecule has 2 aromatic heterocycles. The Hall–Kier alpha value is -3.41. The van der Waals surface area contributed by atoms with E-state index in [0.717, 1.165) is 41.4 Å². The lowest BCUT2D eigenvalue weighted by molar-refractivity contribution is 0.625. The molecule has 0 bridgehead atoms. The summed E-state index contributed by atoms with van der Waals surface area (Å²) in [6.07, 6.45) is 4.40. The molecule has 5 rings (SSSR count). The molecule has 1 saturated heterocycles. The number of anilines is 2. The molecule has 0 radical (unpaired) electrons. The molecule has 4 aromatic rings. The zero-order valence-corrected chi connectivity index (χ0v) is 17.0. The first kappa shape index (κ1) is 18.6. The maximum absolute atomic E-state index is 13.5. The van der Waals surface area contributed by atoms with E-state index in [1.165, 1.54) is 24.6 Å². The smallest absolute Gasteiger partial charge is 0.154 e. The third-order valence-corrected chi connectivity index (χ3v) is 5.68. The maximum Gasteiger partial charge on any atom is 0.154 e. The van der Waals surface area contributed by atoms with Crippen LogP contribution >= 0.6 is 0 Å². The quantitative estimate of drug-likeness (QED) is 0.483. The number of hydrogen-bond donors (Lipinski definition) is 0. The number of rotatable bonds is 5. The Kier molecular flexibility index (Phi) is 4.83. The van der Waals surface area contributed by atoms with Crippen LogP contribution in [0.2, 0.25) is 0 Å². The fourth-order valence-corrected chi connectivity index (χ4v) is 4.07. The summed E-state index contributed by atoms with van der Waals surface area (Å²) in [6.45, 7) is 2.85. The number of hydrogen-bond acceptors (Lipinski definition) is 4. The van der Waals surface area contributed by atoms with Crippen LogP contribution in [0.25, 0.3) is 16.9 Å². The number of fused-ring (bicyclic) bond motifs is 1. The Bertz CT molecular complexity index is 1160. The van der Waals surface area contributed by atoms with Gasteiger partial charge in [-0.2, -0.15) is 0 Å². The van der Waals surface area contributed by atoms with Gasteiger partial charge in [-0.15, -0.1) is 5.10 Å². The van der Waals surface area contributed by atoms with Gasteiger partial charge in [0.15, 0.2) is 5.65 Å². The molecule has 152 valence electrons. The molecule has 5 nitrogen and oxygen atoms in total. The van der Waals surface area contributed by atoms with Gasteiger partial charge in [-0.3, -0.25) is 0 Å². The Morgan fingerprint density at radius 1 is 1.00 bits per heavy atom. The highest BCUT2D eigenvalue weighted by atomic mass is 19.1. The Labute approximate surface area is 175 Å². The first-order chi connectivity index (χ1) is 14.7. The van der Waals surface area contributed by atoms with Crippen molar-refractivity contribution in [2.24, 2.45) is 0 Å². The van der Waals surface area contributed by atoms with Crippen molar-refractivity contribution in [3.8, 4) is 11.3 Å². The molecule has 0 saturated carbocycles. The van der Waals surface area contributed by atoms with Gasteiger partial charge in [-0.1, -0.05) is 24.3 Å². The number of aromatic nitrogens is 3. The largest absolute Gasteiger partial charge is 0.372 e. The second kappa shape index (κ2) is 7.78. The third-order valence-electron chi connectivity index (χ3n) is 5.68. The lowest BCUT2D eigenvalue weighted by Crippen LogP contribution is -2.18. The molecule has 3 heterocycles. The molecule has 0 N–H and O–H groups in total. The predicted molar refractivity (Wildman–Crippen MR) is 118 cm³/mol. The standard InChI is InChI=1S/C24H24FN5/c1-28(17-18-5-4-6-20(25)15-18)24-12-11-23-26-16-22(30(23)27-24)19-7-9-21(10-8-19)29-13-2-3-14-29/h4-12,15-16H,2-3,13-14,17H2,1H3. The summed E-state index contributed by atoms with van der Waals surface area (Å²) in [5.74, 6) is 0.582. The number of imidazole rings is 1. The topological polar surface area (TPSA) is 36.7 Å². The molecule has 6 heteroatoms. The summed E-state index contributed by atoms with van der Waals surface area (Å²) in [6, 6.07) is 19.2. The highest BCUT2D eigenvalue weighted by Crippen LogP contribution is 2.26. The van der Waals surface area contributed by atoms with Gasteiger partial charge in [0, 0.05) is 37.9 Å². The second-order valence-corrected chi connectivity index (χ2v) is 7.83. The van der Waals surface area contributed by atoms with Crippen molar-refractivity contribution in [2.75, 3.05) is 29.9 Å². The molecule has 30 heavy (non-hydrogen) atoms. The molecular formula is C24H24FN5. The van der Waals surface area contributed by atoms with Crippen LogP contribution in [0.4, 0.5) is 15.9 Å². The van der Waals surface area contributed by atoms with Gasteiger partial charge >= 0.3 is 0 Å². The first-order valence-electron chi connectivity index (χ1n) is 10.3. The first-order valence-corrected chi connectivity index (χ1v) is 10.3. The van der Waals surface area contributed by atoms with E-state index in [2.05, 4.69) is 34.1 Å². The fourth-order valence-electron chi connectivity index (χ4n) is 4.07. The number of nitrogens with zero attached hydrogens (tertiary/aromatic N) is 5. The van der Waals surface area contributed by atoms with Crippen LogP contribution in [0.15, 0.2) is 66.9 Å². The summed E-state index contributed by atoms with van der Waals surface area (Å²) in [5.41, 5.74) is 5.02. The van der Waals surface area contributed by atoms with Crippen LogP contribution in [0, 0.1) is 5.82 Å². The van der Waals surface area contributed by atoms with E-state index < -0.39 is 0 Å². The van der Waals surface area contributed by atoms with E-state index in [-0.39, 0.29) is 5.82 Å². The van der Waals surface area contributed by atoms with Gasteiger partial charge in [-0.05, 0) is 54.8 Å². The summed E-state index contributed by atoms with van der Waals surface area (Å²) in [7, 11) is 1.96. The lowest BCUT2D eigenvalue weighted by Gasteiger charge is -2.19. The van der Waals surface area contributed by atoms with E-state index in [9.17, 15) is 4.39 Å². The lowest BCUT2D eigenvalue weighted by atomic mass is 10.1. The average Bonchev–Trinajstić information content (AvgIpc) is 3.44. The normalized spacial score (nSPS) is 13.9. The molecule has 0 atom stereocenters. The minimum absolute atomic E-state index is 0.224. The van der Waals surface area contributed by atoms with Crippen molar-refractivity contribution < 1.29 is 4.39 Å². The van der Waals surface area contributed by atoms with E-state index in [0.29, 0.717) is 6.54 Å². The maximum atomic E-state index is 13.5. The van der Waals surface area contributed by atoms with Crippen LogP contribution in [-0.2, 0) is 6.54 Å². The van der Waals surface area contributed by atoms with Gasteiger partial charge in [-0.25, -0.2) is 13.9 Å². The molecule has 1 fully saturated rings. The predicted octanol–water partition coefficient (Wildman–Crippen LogP) is 4.77. The number of halogens is 1. The van der Waals surface area contributed by atoms with Crippen LogP contribution in [0.1, 0.15) is 18.4 Å². The SMILES string of the molecule is CN(Cc1cccc(F)c1)c1ccc2ncc(-c3ccc(N4CCCC4)cc3)n2n1. The van der Waals surface area contributed by atoms with Gasteiger partial charge < -0.3 is 9.80 Å². The molecule has 1 aliphatic heterocycles. The van der Waals surface area contributed by atoms with E-state index >= 15 is 0 Å². The van der Waals surface area contributed by atoms with Gasteiger partial charge in [0.05, 0.1) is 11.9 Å². The Balaban J connectivity index is 1.42. The van der Waals surface area contributed by atoms with Crippen LogP contribution < -0.4 is 9.80 Å². The molecule has 0 unspecified atom stereocenters. The van der Waals surface area contributed by atoms with Gasteiger partial charge in [0.1, 0.15) is 11.6 Å². The highest BCUT2D eigenvalue weighted by molar-refractivity contribution is 5.66. The van der Waals surface area contributed by atoms with Crippen LogP contribution in [-0.4, -0.2) is 34.7 Å². The van der Waals surface area contributed by atoms with Crippen LogP contribution in [0.3, 0.4) is 0 Å². The van der Waals surface area contributed by atoms with Crippen molar-refractivity contribution in [1.82, 2.24) is 14.6 Å². The molecule has 0 spiro atoms. The van der Waals surface area contributed by atoms with Gasteiger partial charge in [0.2, 0.25) is 0 Å². The second-order valence-electron chi connectivity index (χ2n) is 7.83. The van der Waals surface area contributed by atoms with E-state index in [1.807, 2.05) is 40.9 Å². The highest BCUT2D eigenvalue weighted by Gasteiger charge is 2.14. The zero-order chi connectivity index (χ0) is 20.5. The third kappa shape index (κ3) is 3.61. The molecule has 2 aromatic carbocycles. The fraction of sp³-hybridized carbons (Fsp3) is 0.250. The zero-order valence-electron chi connectivity index (χ0n) is 17.0. The summed E-state index contributed by atoms with van der Waals surface area (Å²) in [5, 5.41) is 4.81. The summed E-state index contributed by atoms with van der Waals surface area (Å²) >= 11 is 0. The summed E-state index contributed by atoms with van der Waals surface area (Å²) < 4.78 is 15.4. The summed E-state index contributed by atoms with van der Waals surface area (Å²) in [4.78, 5) is 8.95. The Morgan fingerprint density at radius 2 is 1.80 bits per heavy atom. The average molecular weight is 401 g/mol. The van der Waals surface area contributed by atoms with Crippen molar-refractivity contribution in [3.63, 3.8) is 0 Å². The molecular weight excluding hydrogens is 377 g/mol. The molecule has 0 aliphatic carbocycles. The van der Waals surface area contributed by atoms with Crippen LogP contribution in [0.5, 0.6) is 0 Å². The van der Waals surface area contributed by atoms with Gasteiger partial charge in [0.25, 0.3) is 0 Å². The van der Waals surface area contributed by atoms with Crippen molar-refractivity contribution >= 4 is 17.2 Å². The van der Waals surface area contributed by atoms with E-state index in [4.69, 9.17) is 5.10 Å². The van der Waals surface area contributed by atoms with E-state index in [1.54, 1.807) is 12.1 Å². The molecule has 0 amide bonds. The van der Waals surface area contributed by atoms with Crippen molar-refractivity contribution in [3.05, 3.63) is 78.2 Å². The van der Waals surface area contributed by atoms with Crippen molar-refractivity contribution in [2.45, 2.75) is 19.4 Å².